The van der Waals surface area contributed by atoms with Gasteiger partial charge in [-0.3, -0.25) is 9.69 Å². The topological polar surface area (TPSA) is 50.8 Å². The predicted molar refractivity (Wildman–Crippen MR) is 109 cm³/mol. The van der Waals surface area contributed by atoms with Crippen molar-refractivity contribution in [1.29, 1.82) is 0 Å². The van der Waals surface area contributed by atoms with Crippen molar-refractivity contribution in [2.24, 2.45) is 0 Å². The van der Waals surface area contributed by atoms with Crippen LogP contribution >= 0.6 is 31.9 Å². The minimum atomic E-state index is -0.293. The lowest BCUT2D eigenvalue weighted by molar-refractivity contribution is -0.120. The molecule has 0 spiro atoms. The number of nitrogens with one attached hydrogen (secondary N) is 1. The minimum absolute atomic E-state index is 0.0620. The van der Waals surface area contributed by atoms with Crippen LogP contribution in [0.2, 0.25) is 0 Å². The van der Waals surface area contributed by atoms with Crippen LogP contribution < -0.4 is 14.8 Å². The van der Waals surface area contributed by atoms with Crippen molar-refractivity contribution in [2.45, 2.75) is 19.5 Å². The summed E-state index contributed by atoms with van der Waals surface area (Å²) >= 11 is 6.87. The van der Waals surface area contributed by atoms with Crippen LogP contribution in [0.4, 0.5) is 5.69 Å². The van der Waals surface area contributed by atoms with E-state index in [1.807, 2.05) is 55.3 Å². The second-order valence-electron chi connectivity index (χ2n) is 6.18. The third-order valence-electron chi connectivity index (χ3n) is 4.27. The SMILES string of the molecule is C[C@H](C(=O)Nc1ccc(Br)cc1Br)N(C)Cc1ccc2c(c1)OCCO2. The molecule has 1 aliphatic heterocycles. The summed E-state index contributed by atoms with van der Waals surface area (Å²) in [6.45, 7) is 3.66. The van der Waals surface area contributed by atoms with Crippen molar-refractivity contribution in [1.82, 2.24) is 4.90 Å². The van der Waals surface area contributed by atoms with Crippen LogP contribution in [0.5, 0.6) is 11.5 Å². The summed E-state index contributed by atoms with van der Waals surface area (Å²) < 4.78 is 13.0. The molecular weight excluding hydrogens is 464 g/mol. The van der Waals surface area contributed by atoms with Gasteiger partial charge >= 0.3 is 0 Å². The molecule has 0 saturated carbocycles. The van der Waals surface area contributed by atoms with Crippen molar-refractivity contribution in [3.8, 4) is 11.5 Å². The molecule has 0 saturated heterocycles. The lowest BCUT2D eigenvalue weighted by Gasteiger charge is -2.25. The van der Waals surface area contributed by atoms with Crippen LogP contribution in [0.3, 0.4) is 0 Å². The second kappa shape index (κ2) is 8.41. The van der Waals surface area contributed by atoms with Crippen LogP contribution in [0.1, 0.15) is 12.5 Å². The fourth-order valence-corrected chi connectivity index (χ4v) is 3.79. The number of likely N-dealkylation sites (N-methyl/N-ethyl adjacent to an activating group) is 1. The summed E-state index contributed by atoms with van der Waals surface area (Å²) in [7, 11) is 1.93. The van der Waals surface area contributed by atoms with Crippen molar-refractivity contribution >= 4 is 43.5 Å². The Bertz CT molecular complexity index is 813. The molecule has 5 nitrogen and oxygen atoms in total. The maximum absolute atomic E-state index is 12.6. The molecule has 1 aliphatic rings. The quantitative estimate of drug-likeness (QED) is 0.682. The molecule has 1 N–H and O–H groups in total. The first-order chi connectivity index (χ1) is 12.4. The van der Waals surface area contributed by atoms with Gasteiger partial charge in [-0.1, -0.05) is 22.0 Å². The zero-order valence-electron chi connectivity index (χ0n) is 14.6. The van der Waals surface area contributed by atoms with E-state index in [2.05, 4.69) is 37.2 Å². The van der Waals surface area contributed by atoms with E-state index in [0.29, 0.717) is 19.8 Å². The van der Waals surface area contributed by atoms with Gasteiger partial charge < -0.3 is 14.8 Å². The average Bonchev–Trinajstić information content (AvgIpc) is 2.63. The number of ether oxygens (including phenoxy) is 2. The average molecular weight is 484 g/mol. The van der Waals surface area contributed by atoms with Gasteiger partial charge in [0, 0.05) is 15.5 Å². The molecule has 0 bridgehead atoms. The number of amides is 1. The number of hydrogen-bond acceptors (Lipinski definition) is 4. The summed E-state index contributed by atoms with van der Waals surface area (Å²) in [5.41, 5.74) is 1.82. The van der Waals surface area contributed by atoms with Crippen LogP contribution in [0, 0.1) is 0 Å². The Morgan fingerprint density at radius 3 is 2.62 bits per heavy atom. The highest BCUT2D eigenvalue weighted by atomic mass is 79.9. The molecule has 0 fully saturated rings. The molecule has 138 valence electrons. The molecule has 0 aliphatic carbocycles. The van der Waals surface area contributed by atoms with Gasteiger partial charge in [0.15, 0.2) is 11.5 Å². The number of benzene rings is 2. The van der Waals surface area contributed by atoms with E-state index in [1.54, 1.807) is 0 Å². The number of fused-ring (bicyclic) bond motifs is 1. The van der Waals surface area contributed by atoms with Crippen molar-refractivity contribution in [3.05, 3.63) is 50.9 Å². The first-order valence-corrected chi connectivity index (χ1v) is 9.87. The summed E-state index contributed by atoms with van der Waals surface area (Å²) in [6.07, 6.45) is 0. The molecule has 1 amide bonds. The summed E-state index contributed by atoms with van der Waals surface area (Å²) in [5, 5.41) is 2.96. The van der Waals surface area contributed by atoms with Crippen LogP contribution in [-0.4, -0.2) is 37.1 Å². The molecule has 0 unspecified atom stereocenters. The summed E-state index contributed by atoms with van der Waals surface area (Å²) in [5.74, 6) is 1.47. The monoisotopic (exact) mass is 482 g/mol. The van der Waals surface area contributed by atoms with E-state index in [4.69, 9.17) is 9.47 Å². The first kappa shape index (κ1) is 19.2. The van der Waals surface area contributed by atoms with Gasteiger partial charge in [-0.25, -0.2) is 0 Å². The smallest absolute Gasteiger partial charge is 0.241 e. The Hall–Kier alpha value is -1.57. The van der Waals surface area contributed by atoms with Crippen LogP contribution in [-0.2, 0) is 11.3 Å². The van der Waals surface area contributed by atoms with Gasteiger partial charge in [0.1, 0.15) is 13.2 Å². The molecule has 7 heteroatoms. The van der Waals surface area contributed by atoms with Crippen LogP contribution in [0.25, 0.3) is 0 Å². The fraction of sp³-hybridized carbons (Fsp3) is 0.316. The van der Waals surface area contributed by atoms with Gasteiger partial charge in [0.2, 0.25) is 5.91 Å². The number of anilines is 1. The lowest BCUT2D eigenvalue weighted by Crippen LogP contribution is -2.39. The third kappa shape index (κ3) is 4.58. The number of halogens is 2. The van der Waals surface area contributed by atoms with Crippen molar-refractivity contribution in [3.63, 3.8) is 0 Å². The summed E-state index contributed by atoms with van der Waals surface area (Å²) in [4.78, 5) is 14.6. The van der Waals surface area contributed by atoms with E-state index < -0.39 is 0 Å². The van der Waals surface area contributed by atoms with Crippen molar-refractivity contribution < 1.29 is 14.3 Å². The van der Waals surface area contributed by atoms with E-state index in [0.717, 1.165) is 31.7 Å². The minimum Gasteiger partial charge on any atom is -0.486 e. The second-order valence-corrected chi connectivity index (χ2v) is 7.95. The normalized spacial score (nSPS) is 14.2. The van der Waals surface area contributed by atoms with Gasteiger partial charge in [-0.05, 0) is 65.8 Å². The Labute approximate surface area is 169 Å². The van der Waals surface area contributed by atoms with Gasteiger partial charge in [0.05, 0.1) is 11.7 Å². The fourth-order valence-electron chi connectivity index (χ4n) is 2.64. The molecule has 1 atom stereocenters. The molecule has 2 aromatic carbocycles. The highest BCUT2D eigenvalue weighted by molar-refractivity contribution is 9.11. The molecule has 2 aromatic rings. The Morgan fingerprint density at radius 2 is 1.88 bits per heavy atom. The van der Waals surface area contributed by atoms with Gasteiger partial charge in [-0.2, -0.15) is 0 Å². The molecule has 3 rings (SSSR count). The van der Waals surface area contributed by atoms with Gasteiger partial charge in [0.25, 0.3) is 0 Å². The lowest BCUT2D eigenvalue weighted by atomic mass is 10.1. The number of hydrogen-bond donors (Lipinski definition) is 1. The zero-order chi connectivity index (χ0) is 18.7. The number of carbonyl (C=O) groups excluding carboxylic acids is 1. The Morgan fingerprint density at radius 1 is 1.15 bits per heavy atom. The van der Waals surface area contributed by atoms with E-state index in [-0.39, 0.29) is 11.9 Å². The van der Waals surface area contributed by atoms with E-state index in [9.17, 15) is 4.79 Å². The highest BCUT2D eigenvalue weighted by Crippen LogP contribution is 2.31. The van der Waals surface area contributed by atoms with Gasteiger partial charge in [-0.15, -0.1) is 0 Å². The molecular formula is C19H20Br2N2O3. The molecule has 0 aromatic heterocycles. The molecule has 0 radical (unpaired) electrons. The third-order valence-corrected chi connectivity index (χ3v) is 5.42. The maximum Gasteiger partial charge on any atom is 0.241 e. The van der Waals surface area contributed by atoms with Crippen LogP contribution in [0.15, 0.2) is 45.3 Å². The number of carbonyl (C=O) groups is 1. The predicted octanol–water partition coefficient (Wildman–Crippen LogP) is 4.44. The summed E-state index contributed by atoms with van der Waals surface area (Å²) in [6, 6.07) is 11.3. The van der Waals surface area contributed by atoms with E-state index >= 15 is 0 Å². The molecule has 1 heterocycles. The Balaban J connectivity index is 1.63. The number of rotatable bonds is 5. The van der Waals surface area contributed by atoms with E-state index in [1.165, 1.54) is 0 Å². The van der Waals surface area contributed by atoms with Crippen molar-refractivity contribution in [2.75, 3.05) is 25.6 Å². The first-order valence-electron chi connectivity index (χ1n) is 8.28. The number of nitrogens with zero attached hydrogens (tertiary/aromatic N) is 1. The Kier molecular flexibility index (Phi) is 6.21. The maximum atomic E-state index is 12.6. The molecule has 26 heavy (non-hydrogen) atoms. The standard InChI is InChI=1S/C19H20Br2N2O3/c1-12(19(24)22-16-5-4-14(20)10-15(16)21)23(2)11-13-3-6-17-18(9-13)26-8-7-25-17/h3-6,9-10,12H,7-8,11H2,1-2H3,(H,22,24)/t12-/m1/s1. The largest absolute Gasteiger partial charge is 0.486 e. The highest BCUT2D eigenvalue weighted by Gasteiger charge is 2.20. The zero-order valence-corrected chi connectivity index (χ0v) is 17.8.